The van der Waals surface area contributed by atoms with E-state index in [1.165, 1.54) is 7.11 Å². The highest BCUT2D eigenvalue weighted by Gasteiger charge is 2.26. The molecule has 33 heavy (non-hydrogen) atoms. The number of esters is 1. The minimum Gasteiger partial charge on any atom is -0.495 e. The first-order valence-electron chi connectivity index (χ1n) is 10.6. The van der Waals surface area contributed by atoms with Gasteiger partial charge in [0.25, 0.3) is 5.91 Å². The molecule has 1 unspecified atom stereocenters. The van der Waals surface area contributed by atoms with E-state index in [2.05, 4.69) is 5.32 Å². The van der Waals surface area contributed by atoms with Crippen LogP contribution in [0.3, 0.4) is 0 Å². The number of carbonyl (C=O) groups excluding carboxylic acids is 2. The molecule has 3 rings (SSSR count). The van der Waals surface area contributed by atoms with Crippen molar-refractivity contribution in [1.82, 2.24) is 0 Å². The lowest BCUT2D eigenvalue weighted by Gasteiger charge is -2.19. The summed E-state index contributed by atoms with van der Waals surface area (Å²) in [5.74, 6) is 0.523. The number of aryl methyl sites for hydroxylation is 1. The number of hydrogen-bond acceptors (Lipinski definition) is 6. The molecule has 0 aromatic heterocycles. The fourth-order valence-electron chi connectivity index (χ4n) is 3.13. The zero-order valence-electron chi connectivity index (χ0n) is 18.9. The van der Waals surface area contributed by atoms with Gasteiger partial charge < -0.3 is 24.3 Å². The Morgan fingerprint density at radius 2 is 1.58 bits per heavy atom. The maximum Gasteiger partial charge on any atom is 0.345 e. The summed E-state index contributed by atoms with van der Waals surface area (Å²) in [6.07, 6.45) is -1.16. The number of nitrogens with one attached hydrogen (secondary N) is 1. The van der Waals surface area contributed by atoms with Crippen LogP contribution in [0.25, 0.3) is 0 Å². The molecule has 0 heterocycles. The summed E-state index contributed by atoms with van der Waals surface area (Å²) >= 11 is 0. The Hall–Kier alpha value is -4.00. The fourth-order valence-corrected chi connectivity index (χ4v) is 3.13. The van der Waals surface area contributed by atoms with E-state index < -0.39 is 18.0 Å². The van der Waals surface area contributed by atoms with Gasteiger partial charge in [-0.15, -0.1) is 0 Å². The predicted molar refractivity (Wildman–Crippen MR) is 125 cm³/mol. The first-order valence-corrected chi connectivity index (χ1v) is 10.6. The Kier molecular flexibility index (Phi) is 8.30. The molecule has 1 amide bonds. The van der Waals surface area contributed by atoms with Gasteiger partial charge in [0.1, 0.15) is 17.2 Å². The van der Waals surface area contributed by atoms with Crippen LogP contribution in [0.2, 0.25) is 0 Å². The Morgan fingerprint density at radius 1 is 0.909 bits per heavy atom. The van der Waals surface area contributed by atoms with E-state index in [9.17, 15) is 9.59 Å². The van der Waals surface area contributed by atoms with Crippen molar-refractivity contribution in [3.05, 3.63) is 83.9 Å². The highest BCUT2D eigenvalue weighted by atomic mass is 16.6. The van der Waals surface area contributed by atoms with Gasteiger partial charge in [-0.2, -0.15) is 0 Å². The molecule has 0 saturated carbocycles. The van der Waals surface area contributed by atoms with E-state index in [1.807, 2.05) is 26.0 Å². The number of amides is 1. The first kappa shape index (κ1) is 23.7. The fraction of sp³-hybridized carbons (Fsp3) is 0.231. The molecule has 0 aliphatic heterocycles. The van der Waals surface area contributed by atoms with Crippen LogP contribution in [0.4, 0.5) is 5.69 Å². The summed E-state index contributed by atoms with van der Waals surface area (Å²) in [4.78, 5) is 25.6. The second-order valence-corrected chi connectivity index (χ2v) is 7.17. The molecule has 1 atom stereocenters. The topological polar surface area (TPSA) is 83.1 Å². The third-order valence-corrected chi connectivity index (χ3v) is 4.69. The van der Waals surface area contributed by atoms with Gasteiger partial charge in [-0.05, 0) is 55.8 Å². The molecular formula is C26H27NO6. The summed E-state index contributed by atoms with van der Waals surface area (Å²) < 4.78 is 21.7. The monoisotopic (exact) mass is 449 g/mol. The Labute approximate surface area is 193 Å². The summed E-state index contributed by atoms with van der Waals surface area (Å²) in [6.45, 7) is 4.01. The highest BCUT2D eigenvalue weighted by Crippen LogP contribution is 2.28. The molecular weight excluding hydrogens is 422 g/mol. The highest BCUT2D eigenvalue weighted by molar-refractivity contribution is 5.97. The van der Waals surface area contributed by atoms with Crippen LogP contribution in [0.1, 0.15) is 24.2 Å². The molecule has 0 aliphatic carbocycles. The molecule has 1 N–H and O–H groups in total. The average Bonchev–Trinajstić information content (AvgIpc) is 2.83. The van der Waals surface area contributed by atoms with Crippen molar-refractivity contribution < 1.29 is 28.5 Å². The van der Waals surface area contributed by atoms with E-state index in [4.69, 9.17) is 18.9 Å². The van der Waals surface area contributed by atoms with Crippen molar-refractivity contribution in [2.75, 3.05) is 25.6 Å². The molecule has 172 valence electrons. The lowest BCUT2D eigenvalue weighted by Crippen LogP contribution is -2.28. The standard InChI is InChI=1S/C26H27NO6/c1-4-31-20-11-13-21(14-12-20)32-17-24(28)33-25(19-8-6-5-7-9-19)26(29)27-22-16-18(2)10-15-23(22)30-3/h5-16,25H,4,17H2,1-3H3,(H,27,29). The molecule has 7 heteroatoms. The van der Waals surface area contributed by atoms with Crippen LogP contribution >= 0.6 is 0 Å². The quantitative estimate of drug-likeness (QED) is 0.452. The molecule has 3 aromatic rings. The summed E-state index contributed by atoms with van der Waals surface area (Å²) in [5.41, 5.74) is 1.98. The number of anilines is 1. The van der Waals surface area contributed by atoms with E-state index >= 15 is 0 Å². The number of benzene rings is 3. The van der Waals surface area contributed by atoms with Crippen molar-refractivity contribution in [2.45, 2.75) is 20.0 Å². The first-order chi connectivity index (χ1) is 16.0. The van der Waals surface area contributed by atoms with Crippen LogP contribution in [0.5, 0.6) is 17.2 Å². The van der Waals surface area contributed by atoms with Crippen molar-refractivity contribution in [2.24, 2.45) is 0 Å². The molecule has 7 nitrogen and oxygen atoms in total. The molecule has 0 radical (unpaired) electrons. The largest absolute Gasteiger partial charge is 0.495 e. The molecule has 0 spiro atoms. The average molecular weight is 450 g/mol. The summed E-state index contributed by atoms with van der Waals surface area (Å²) in [7, 11) is 1.52. The Balaban J connectivity index is 1.70. The number of hydrogen-bond donors (Lipinski definition) is 1. The van der Waals surface area contributed by atoms with Gasteiger partial charge in [-0.3, -0.25) is 4.79 Å². The van der Waals surface area contributed by atoms with Crippen molar-refractivity contribution in [3.8, 4) is 17.2 Å². The minimum atomic E-state index is -1.16. The van der Waals surface area contributed by atoms with Gasteiger partial charge in [0.15, 0.2) is 6.61 Å². The molecule has 3 aromatic carbocycles. The lowest BCUT2D eigenvalue weighted by molar-refractivity contribution is -0.156. The van der Waals surface area contributed by atoms with Crippen LogP contribution in [-0.2, 0) is 14.3 Å². The Morgan fingerprint density at radius 3 is 2.21 bits per heavy atom. The minimum absolute atomic E-state index is 0.349. The van der Waals surface area contributed by atoms with Crippen molar-refractivity contribution >= 4 is 17.6 Å². The second-order valence-electron chi connectivity index (χ2n) is 7.17. The van der Waals surface area contributed by atoms with Crippen LogP contribution in [0.15, 0.2) is 72.8 Å². The van der Waals surface area contributed by atoms with Crippen LogP contribution in [-0.4, -0.2) is 32.2 Å². The normalized spacial score (nSPS) is 11.2. The molecule has 0 saturated heterocycles. The van der Waals surface area contributed by atoms with Crippen LogP contribution in [0, 0.1) is 6.92 Å². The van der Waals surface area contributed by atoms with Crippen molar-refractivity contribution in [3.63, 3.8) is 0 Å². The van der Waals surface area contributed by atoms with Gasteiger partial charge in [0, 0.05) is 5.56 Å². The van der Waals surface area contributed by atoms with Gasteiger partial charge in [-0.25, -0.2) is 4.79 Å². The lowest BCUT2D eigenvalue weighted by atomic mass is 10.1. The number of rotatable bonds is 10. The number of methoxy groups -OCH3 is 1. The SMILES string of the molecule is CCOc1ccc(OCC(=O)OC(C(=O)Nc2cc(C)ccc2OC)c2ccccc2)cc1. The van der Waals surface area contributed by atoms with E-state index in [-0.39, 0.29) is 6.61 Å². The molecule has 0 fully saturated rings. The van der Waals surface area contributed by atoms with Gasteiger partial charge in [0.05, 0.1) is 19.4 Å². The van der Waals surface area contributed by atoms with Gasteiger partial charge in [0.2, 0.25) is 6.10 Å². The maximum absolute atomic E-state index is 13.1. The zero-order valence-corrected chi connectivity index (χ0v) is 18.9. The van der Waals surface area contributed by atoms with E-state index in [0.717, 1.165) is 5.56 Å². The molecule has 0 bridgehead atoms. The second kappa shape index (κ2) is 11.6. The number of ether oxygens (including phenoxy) is 4. The van der Waals surface area contributed by atoms with E-state index in [0.29, 0.717) is 35.1 Å². The number of carbonyl (C=O) groups is 2. The maximum atomic E-state index is 13.1. The predicted octanol–water partition coefficient (Wildman–Crippen LogP) is 4.70. The molecule has 0 aliphatic rings. The third-order valence-electron chi connectivity index (χ3n) is 4.69. The Bertz CT molecular complexity index is 1070. The zero-order chi connectivity index (χ0) is 23.6. The smallest absolute Gasteiger partial charge is 0.345 e. The van der Waals surface area contributed by atoms with Gasteiger partial charge in [-0.1, -0.05) is 36.4 Å². The van der Waals surface area contributed by atoms with E-state index in [1.54, 1.807) is 60.7 Å². The third kappa shape index (κ3) is 6.74. The van der Waals surface area contributed by atoms with Crippen molar-refractivity contribution in [1.29, 1.82) is 0 Å². The summed E-state index contributed by atoms with van der Waals surface area (Å²) in [5, 5.41) is 2.80. The van der Waals surface area contributed by atoms with Crippen LogP contribution < -0.4 is 19.5 Å². The van der Waals surface area contributed by atoms with Gasteiger partial charge >= 0.3 is 5.97 Å². The summed E-state index contributed by atoms with van der Waals surface area (Å²) in [6, 6.07) is 21.1.